The Hall–Kier alpha value is -2.47. The van der Waals surface area contributed by atoms with Crippen LogP contribution in [0.5, 0.6) is 0 Å². The number of halogens is 7. The van der Waals surface area contributed by atoms with Gasteiger partial charge in [-0.15, -0.1) is 0 Å². The maximum atomic E-state index is 13.7. The molecule has 4 rings (SSSR count). The lowest BCUT2D eigenvalue weighted by atomic mass is 9.84. The summed E-state index contributed by atoms with van der Waals surface area (Å²) in [5.41, 5.74) is -2.67. The predicted molar refractivity (Wildman–Crippen MR) is 137 cm³/mol. The minimum Gasteiger partial charge on any atom is -0.324 e. The van der Waals surface area contributed by atoms with Crippen LogP contribution < -0.4 is 4.90 Å². The molecular formula is C27H30F7N3OS. The summed E-state index contributed by atoms with van der Waals surface area (Å²) in [5.74, 6) is 1.50. The molecule has 0 unspecified atom stereocenters. The number of nitrogens with zero attached hydrogens (tertiary/aromatic N) is 3. The van der Waals surface area contributed by atoms with Crippen molar-refractivity contribution in [3.05, 3.63) is 65.0 Å². The number of carbonyl (C=O) groups is 1. The van der Waals surface area contributed by atoms with E-state index in [1.165, 1.54) is 24.1 Å². The first-order chi connectivity index (χ1) is 18.3. The fraction of sp³-hybridized carbons (Fsp3) is 0.519. The van der Waals surface area contributed by atoms with Crippen molar-refractivity contribution in [3.8, 4) is 0 Å². The summed E-state index contributed by atoms with van der Waals surface area (Å²) < 4.78 is 94.0. The van der Waals surface area contributed by atoms with E-state index in [9.17, 15) is 35.5 Å². The maximum Gasteiger partial charge on any atom is 0.416 e. The number of amides is 2. The van der Waals surface area contributed by atoms with Gasteiger partial charge >= 0.3 is 18.4 Å². The summed E-state index contributed by atoms with van der Waals surface area (Å²) in [7, 11) is 2.67. The highest BCUT2D eigenvalue weighted by atomic mass is 32.2. The Kier molecular flexibility index (Phi) is 8.75. The minimum atomic E-state index is -5.02. The van der Waals surface area contributed by atoms with E-state index in [2.05, 4.69) is 4.90 Å². The van der Waals surface area contributed by atoms with Crippen LogP contribution in [0.15, 0.2) is 42.5 Å². The molecule has 2 fully saturated rings. The average Bonchev–Trinajstić information content (AvgIpc) is 2.91. The van der Waals surface area contributed by atoms with Crippen molar-refractivity contribution in [1.82, 2.24) is 9.80 Å². The quantitative estimate of drug-likeness (QED) is 0.363. The molecule has 2 aliphatic heterocycles. The largest absolute Gasteiger partial charge is 0.416 e. The zero-order chi connectivity index (χ0) is 28.5. The van der Waals surface area contributed by atoms with Crippen molar-refractivity contribution in [2.75, 3.05) is 43.6 Å². The number of piperidine rings is 1. The van der Waals surface area contributed by atoms with Crippen LogP contribution >= 0.6 is 11.8 Å². The number of hydrogen-bond acceptors (Lipinski definition) is 3. The lowest BCUT2D eigenvalue weighted by Gasteiger charge is -2.46. The molecule has 2 aromatic carbocycles. The van der Waals surface area contributed by atoms with E-state index in [0.29, 0.717) is 37.7 Å². The van der Waals surface area contributed by atoms with Crippen LogP contribution in [-0.4, -0.2) is 66.6 Å². The van der Waals surface area contributed by atoms with Gasteiger partial charge in [-0.2, -0.15) is 38.1 Å². The molecular weight excluding hydrogens is 547 g/mol. The Labute approximate surface area is 227 Å². The minimum absolute atomic E-state index is 0.0373. The maximum absolute atomic E-state index is 13.7. The number of likely N-dealkylation sites (tertiary alicyclic amines) is 1. The lowest BCUT2D eigenvalue weighted by molar-refractivity contribution is -0.143. The average molecular weight is 578 g/mol. The van der Waals surface area contributed by atoms with E-state index < -0.39 is 47.1 Å². The van der Waals surface area contributed by atoms with Crippen molar-refractivity contribution >= 4 is 23.5 Å². The number of hydrogen-bond donors (Lipinski definition) is 0. The molecule has 0 spiro atoms. The molecule has 0 N–H and O–H groups in total. The Bertz CT molecular complexity index is 1120. The number of anilines is 1. The Balaban J connectivity index is 1.62. The molecule has 39 heavy (non-hydrogen) atoms. The summed E-state index contributed by atoms with van der Waals surface area (Å²) in [4.78, 5) is 18.1. The number of alkyl halides is 6. The van der Waals surface area contributed by atoms with Gasteiger partial charge in [-0.1, -0.05) is 12.1 Å². The van der Waals surface area contributed by atoms with Gasteiger partial charge in [0.2, 0.25) is 0 Å². The monoisotopic (exact) mass is 577 g/mol. The Morgan fingerprint density at radius 2 is 1.46 bits per heavy atom. The van der Waals surface area contributed by atoms with Crippen LogP contribution in [0.25, 0.3) is 0 Å². The standard InChI is InChI=1S/C27H30F7N3OS/c1-35(22-14-18(26(29,30)31)13-19(15-22)27(32,33)34)25(38)36(2)24-7-10-37(21-8-11-39-12-9-21)16-23(24)17-3-5-20(28)6-4-17/h3-6,13-15,21,23-24H,7-12,16H2,1-2H3/t23-,24+/m0/s1. The molecule has 4 nitrogen and oxygen atoms in total. The van der Waals surface area contributed by atoms with E-state index in [1.807, 2.05) is 11.8 Å². The van der Waals surface area contributed by atoms with Gasteiger partial charge in [-0.05, 0) is 66.7 Å². The van der Waals surface area contributed by atoms with Crippen LogP contribution in [0, 0.1) is 5.82 Å². The molecule has 0 aliphatic carbocycles. The smallest absolute Gasteiger partial charge is 0.324 e. The van der Waals surface area contributed by atoms with Gasteiger partial charge in [0, 0.05) is 50.9 Å². The van der Waals surface area contributed by atoms with Crippen LogP contribution in [-0.2, 0) is 12.4 Å². The van der Waals surface area contributed by atoms with E-state index in [1.54, 1.807) is 12.1 Å². The number of urea groups is 1. The van der Waals surface area contributed by atoms with Crippen LogP contribution in [0.4, 0.5) is 41.2 Å². The van der Waals surface area contributed by atoms with E-state index in [0.717, 1.165) is 41.9 Å². The molecule has 12 heteroatoms. The van der Waals surface area contributed by atoms with Gasteiger partial charge < -0.3 is 4.90 Å². The second kappa shape index (κ2) is 11.6. The third-order valence-corrected chi connectivity index (χ3v) is 8.71. The number of carbonyl (C=O) groups excluding carboxylic acids is 1. The SMILES string of the molecule is CN(C(=O)N(C)[C@@H]1CCN(C2CCSCC2)C[C@H]1c1ccc(F)cc1)c1cc(C(F)(F)F)cc(C(F)(F)F)c1. The summed E-state index contributed by atoms with van der Waals surface area (Å²) in [6.45, 7) is 1.30. The number of benzene rings is 2. The van der Waals surface area contributed by atoms with Gasteiger partial charge in [-0.25, -0.2) is 9.18 Å². The van der Waals surface area contributed by atoms with Gasteiger partial charge in [0.05, 0.1) is 11.1 Å². The topological polar surface area (TPSA) is 26.8 Å². The highest BCUT2D eigenvalue weighted by molar-refractivity contribution is 7.99. The molecule has 214 valence electrons. The van der Waals surface area contributed by atoms with Crippen LogP contribution in [0.3, 0.4) is 0 Å². The second-order valence-corrected chi connectivity index (χ2v) is 11.3. The molecule has 0 radical (unpaired) electrons. The molecule has 0 aromatic heterocycles. The zero-order valence-electron chi connectivity index (χ0n) is 21.5. The Morgan fingerprint density at radius 1 is 0.897 bits per heavy atom. The molecule has 2 amide bonds. The number of thioether (sulfide) groups is 1. The van der Waals surface area contributed by atoms with Crippen LogP contribution in [0.1, 0.15) is 41.9 Å². The summed E-state index contributed by atoms with van der Waals surface area (Å²) in [5, 5.41) is 0. The molecule has 2 aromatic rings. The first kappa shape index (κ1) is 29.5. The highest BCUT2D eigenvalue weighted by Crippen LogP contribution is 2.39. The lowest BCUT2D eigenvalue weighted by Crippen LogP contribution is -2.55. The molecule has 2 heterocycles. The van der Waals surface area contributed by atoms with Gasteiger partial charge in [-0.3, -0.25) is 9.80 Å². The third-order valence-electron chi connectivity index (χ3n) is 7.66. The van der Waals surface area contributed by atoms with E-state index >= 15 is 0 Å². The molecule has 0 bridgehead atoms. The van der Waals surface area contributed by atoms with Gasteiger partial charge in [0.1, 0.15) is 5.82 Å². The first-order valence-electron chi connectivity index (χ1n) is 12.6. The third kappa shape index (κ3) is 6.82. The Morgan fingerprint density at radius 3 is 2.00 bits per heavy atom. The van der Waals surface area contributed by atoms with Crippen molar-refractivity contribution in [2.24, 2.45) is 0 Å². The number of rotatable bonds is 4. The van der Waals surface area contributed by atoms with Crippen molar-refractivity contribution in [2.45, 2.75) is 49.6 Å². The summed E-state index contributed by atoms with van der Waals surface area (Å²) in [6, 6.07) is 6.41. The normalized spacial score (nSPS) is 21.6. The summed E-state index contributed by atoms with van der Waals surface area (Å²) in [6.07, 6.45) is -7.41. The highest BCUT2D eigenvalue weighted by Gasteiger charge is 2.40. The second-order valence-electron chi connectivity index (χ2n) is 10.1. The fourth-order valence-electron chi connectivity index (χ4n) is 5.47. The molecule has 2 aliphatic rings. The van der Waals surface area contributed by atoms with Crippen molar-refractivity contribution in [1.29, 1.82) is 0 Å². The van der Waals surface area contributed by atoms with Gasteiger partial charge in [0.25, 0.3) is 0 Å². The fourth-order valence-corrected chi connectivity index (χ4v) is 6.55. The first-order valence-corrected chi connectivity index (χ1v) is 13.8. The van der Waals surface area contributed by atoms with E-state index in [-0.39, 0.29) is 12.0 Å². The van der Waals surface area contributed by atoms with Crippen molar-refractivity contribution < 1.29 is 35.5 Å². The molecule has 2 atom stereocenters. The van der Waals surface area contributed by atoms with Gasteiger partial charge in [0.15, 0.2) is 0 Å². The molecule has 2 saturated heterocycles. The molecule has 0 saturated carbocycles. The predicted octanol–water partition coefficient (Wildman–Crippen LogP) is 7.11. The van der Waals surface area contributed by atoms with Crippen LogP contribution in [0.2, 0.25) is 0 Å². The summed E-state index contributed by atoms with van der Waals surface area (Å²) >= 11 is 1.91. The number of likely N-dealkylation sites (N-methyl/N-ethyl adjacent to an activating group) is 1. The van der Waals surface area contributed by atoms with E-state index in [4.69, 9.17) is 0 Å². The van der Waals surface area contributed by atoms with Crippen molar-refractivity contribution in [3.63, 3.8) is 0 Å². The zero-order valence-corrected chi connectivity index (χ0v) is 22.3.